The maximum atomic E-state index is 11.8. The van der Waals surface area contributed by atoms with E-state index in [1.54, 1.807) is 11.9 Å². The van der Waals surface area contributed by atoms with Gasteiger partial charge in [-0.05, 0) is 42.5 Å². The van der Waals surface area contributed by atoms with Gasteiger partial charge in [0.2, 0.25) is 0 Å². The molecular formula is C17H23ClN2O2. The Labute approximate surface area is 138 Å². The van der Waals surface area contributed by atoms with Gasteiger partial charge in [-0.1, -0.05) is 6.07 Å². The van der Waals surface area contributed by atoms with Gasteiger partial charge in [-0.15, -0.1) is 6.42 Å². The number of carbonyl (C=O) groups excluding carboxylic acids is 1. The molecular weight excluding hydrogens is 300 g/mol. The second-order valence-electron chi connectivity index (χ2n) is 5.46. The zero-order chi connectivity index (χ0) is 15.2. The highest BCUT2D eigenvalue weighted by molar-refractivity contribution is 5.70. The minimum atomic E-state index is -0.316. The first kappa shape index (κ1) is 18.3. The van der Waals surface area contributed by atoms with E-state index in [1.807, 2.05) is 19.1 Å². The fourth-order valence-corrected chi connectivity index (χ4v) is 2.57. The van der Waals surface area contributed by atoms with E-state index in [4.69, 9.17) is 11.2 Å². The lowest BCUT2D eigenvalue weighted by Crippen LogP contribution is -3.00. The zero-order valence-electron chi connectivity index (χ0n) is 13.1. The first-order valence-corrected chi connectivity index (χ1v) is 7.45. The Balaban J connectivity index is 0.00000242. The standard InChI is InChI=1S/C17H22N2O2.ClH/c1-4-10-18-15-8-6-13-7-9-16(12-14(13)11-15)21-17(20)19(3)5-2;/h1,7,9,12,15,18H,5-6,8,10-11H2,2-3H3;1H. The third-order valence-corrected chi connectivity index (χ3v) is 4.00. The summed E-state index contributed by atoms with van der Waals surface area (Å²) >= 11 is 0. The first-order valence-electron chi connectivity index (χ1n) is 7.45. The maximum absolute atomic E-state index is 11.8. The number of hydrogen-bond donors (Lipinski definition) is 1. The van der Waals surface area contributed by atoms with Crippen molar-refractivity contribution in [2.45, 2.75) is 32.2 Å². The molecule has 1 atom stereocenters. The molecule has 1 amide bonds. The molecule has 0 radical (unpaired) electrons. The fourth-order valence-electron chi connectivity index (χ4n) is 2.57. The number of nitrogens with two attached hydrogens (primary N) is 1. The van der Waals surface area contributed by atoms with Crippen LogP contribution >= 0.6 is 0 Å². The predicted octanol–water partition coefficient (Wildman–Crippen LogP) is -1.80. The quantitative estimate of drug-likeness (QED) is 0.665. The molecule has 120 valence electrons. The van der Waals surface area contributed by atoms with E-state index in [0.29, 0.717) is 18.3 Å². The smallest absolute Gasteiger partial charge is 0.414 e. The summed E-state index contributed by atoms with van der Waals surface area (Å²) in [4.78, 5) is 13.3. The van der Waals surface area contributed by atoms with Gasteiger partial charge in [0.1, 0.15) is 12.3 Å². The largest absolute Gasteiger partial charge is 1.00 e. The van der Waals surface area contributed by atoms with Crippen molar-refractivity contribution in [1.82, 2.24) is 4.90 Å². The number of rotatable bonds is 4. The molecule has 22 heavy (non-hydrogen) atoms. The number of aryl methyl sites for hydroxylation is 1. The summed E-state index contributed by atoms with van der Waals surface area (Å²) in [6, 6.07) is 6.47. The van der Waals surface area contributed by atoms with E-state index in [2.05, 4.69) is 17.3 Å². The molecule has 0 aliphatic heterocycles. The van der Waals surface area contributed by atoms with Crippen molar-refractivity contribution in [3.8, 4) is 18.1 Å². The van der Waals surface area contributed by atoms with Crippen LogP contribution in [-0.4, -0.2) is 37.2 Å². The Hall–Kier alpha value is -1.70. The van der Waals surface area contributed by atoms with Gasteiger partial charge in [0.05, 0.1) is 6.04 Å². The van der Waals surface area contributed by atoms with Crippen molar-refractivity contribution in [1.29, 1.82) is 0 Å². The maximum Gasteiger partial charge on any atom is 0.414 e. The molecule has 0 saturated heterocycles. The van der Waals surface area contributed by atoms with Crippen molar-refractivity contribution < 1.29 is 27.3 Å². The van der Waals surface area contributed by atoms with Gasteiger partial charge in [0.15, 0.2) is 0 Å². The third-order valence-electron chi connectivity index (χ3n) is 4.00. The molecule has 1 aliphatic carbocycles. The number of ether oxygens (including phenoxy) is 1. The Bertz CT molecular complexity index is 554. The van der Waals surface area contributed by atoms with E-state index in [0.717, 1.165) is 25.8 Å². The first-order chi connectivity index (χ1) is 10.1. The van der Waals surface area contributed by atoms with Gasteiger partial charge in [-0.3, -0.25) is 0 Å². The van der Waals surface area contributed by atoms with Crippen molar-refractivity contribution in [2.24, 2.45) is 0 Å². The molecule has 1 aliphatic rings. The highest BCUT2D eigenvalue weighted by Crippen LogP contribution is 2.25. The molecule has 1 aromatic rings. The number of quaternary nitrogens is 1. The Morgan fingerprint density at radius 1 is 1.50 bits per heavy atom. The van der Waals surface area contributed by atoms with Crippen LogP contribution in [0.4, 0.5) is 4.79 Å². The highest BCUT2D eigenvalue weighted by atomic mass is 35.5. The van der Waals surface area contributed by atoms with Gasteiger partial charge in [-0.2, -0.15) is 0 Å². The summed E-state index contributed by atoms with van der Waals surface area (Å²) in [6.07, 6.45) is 8.18. The van der Waals surface area contributed by atoms with Crippen molar-refractivity contribution >= 4 is 6.09 Å². The van der Waals surface area contributed by atoms with Crippen LogP contribution in [0.5, 0.6) is 5.75 Å². The van der Waals surface area contributed by atoms with Crippen LogP contribution in [0, 0.1) is 12.3 Å². The second kappa shape index (κ2) is 8.67. The normalized spacial score (nSPS) is 16.0. The summed E-state index contributed by atoms with van der Waals surface area (Å²) in [6.45, 7) is 3.27. The van der Waals surface area contributed by atoms with Crippen LogP contribution in [0.15, 0.2) is 18.2 Å². The minimum absolute atomic E-state index is 0. The average molecular weight is 323 g/mol. The SMILES string of the molecule is C#CC[NH2+]C1CCc2ccc(OC(=O)N(C)CC)cc2C1.[Cl-]. The molecule has 0 aromatic heterocycles. The fraction of sp³-hybridized carbons (Fsp3) is 0.471. The Morgan fingerprint density at radius 2 is 2.27 bits per heavy atom. The van der Waals surface area contributed by atoms with E-state index in [9.17, 15) is 4.79 Å². The zero-order valence-corrected chi connectivity index (χ0v) is 13.9. The summed E-state index contributed by atoms with van der Waals surface area (Å²) in [5.41, 5.74) is 2.62. The summed E-state index contributed by atoms with van der Waals surface area (Å²) in [7, 11) is 1.73. The molecule has 0 saturated carbocycles. The topological polar surface area (TPSA) is 46.1 Å². The van der Waals surface area contributed by atoms with Crippen LogP contribution in [0.25, 0.3) is 0 Å². The molecule has 4 nitrogen and oxygen atoms in total. The van der Waals surface area contributed by atoms with E-state index in [-0.39, 0.29) is 18.5 Å². The van der Waals surface area contributed by atoms with E-state index < -0.39 is 0 Å². The number of amides is 1. The molecule has 1 unspecified atom stereocenters. The molecule has 0 spiro atoms. The number of hydrogen-bond acceptors (Lipinski definition) is 2. The van der Waals surface area contributed by atoms with Gasteiger partial charge < -0.3 is 27.4 Å². The number of benzene rings is 1. The molecule has 2 rings (SSSR count). The molecule has 2 N–H and O–H groups in total. The van der Waals surface area contributed by atoms with Crippen LogP contribution in [0.1, 0.15) is 24.5 Å². The third kappa shape index (κ3) is 4.66. The van der Waals surface area contributed by atoms with E-state index >= 15 is 0 Å². The van der Waals surface area contributed by atoms with E-state index in [1.165, 1.54) is 11.1 Å². The molecule has 0 bridgehead atoms. The van der Waals surface area contributed by atoms with Crippen LogP contribution in [0.2, 0.25) is 0 Å². The van der Waals surface area contributed by atoms with Gasteiger partial charge >= 0.3 is 6.09 Å². The molecule has 0 heterocycles. The molecule has 5 heteroatoms. The number of terminal acetylenes is 1. The van der Waals surface area contributed by atoms with Gasteiger partial charge in [0.25, 0.3) is 0 Å². The molecule has 0 fully saturated rings. The number of fused-ring (bicyclic) bond motifs is 1. The van der Waals surface area contributed by atoms with Crippen LogP contribution < -0.4 is 22.5 Å². The molecule has 1 aromatic carbocycles. The van der Waals surface area contributed by atoms with Crippen molar-refractivity contribution in [3.63, 3.8) is 0 Å². The predicted molar refractivity (Wildman–Crippen MR) is 82.2 cm³/mol. The summed E-state index contributed by atoms with van der Waals surface area (Å²) < 4.78 is 5.39. The lowest BCUT2D eigenvalue weighted by atomic mass is 9.88. The Morgan fingerprint density at radius 3 is 2.95 bits per heavy atom. The summed E-state index contributed by atoms with van der Waals surface area (Å²) in [5.74, 6) is 3.29. The van der Waals surface area contributed by atoms with Gasteiger partial charge in [-0.25, -0.2) is 4.79 Å². The number of halogens is 1. The lowest BCUT2D eigenvalue weighted by molar-refractivity contribution is -0.680. The highest BCUT2D eigenvalue weighted by Gasteiger charge is 2.21. The average Bonchev–Trinajstić information content (AvgIpc) is 2.51. The second-order valence-corrected chi connectivity index (χ2v) is 5.46. The number of nitrogens with zero attached hydrogens (tertiary/aromatic N) is 1. The summed E-state index contributed by atoms with van der Waals surface area (Å²) in [5, 5.41) is 2.21. The van der Waals surface area contributed by atoms with Crippen molar-refractivity contribution in [2.75, 3.05) is 20.1 Å². The van der Waals surface area contributed by atoms with Crippen LogP contribution in [0.3, 0.4) is 0 Å². The van der Waals surface area contributed by atoms with Crippen LogP contribution in [-0.2, 0) is 12.8 Å². The van der Waals surface area contributed by atoms with Crippen molar-refractivity contribution in [3.05, 3.63) is 29.3 Å². The monoisotopic (exact) mass is 322 g/mol. The lowest BCUT2D eigenvalue weighted by Gasteiger charge is -2.23. The number of carbonyl (C=O) groups is 1. The minimum Gasteiger partial charge on any atom is -1.00 e. The van der Waals surface area contributed by atoms with Gasteiger partial charge in [0, 0.05) is 26.4 Å². The Kier molecular flexibility index (Phi) is 7.23.